The number of imidazole rings is 1. The molecule has 0 unspecified atom stereocenters. The van der Waals surface area contributed by atoms with Crippen LogP contribution in [0.25, 0.3) is 22.6 Å². The number of rotatable bonds is 7. The van der Waals surface area contributed by atoms with Crippen LogP contribution < -0.4 is 4.74 Å². The van der Waals surface area contributed by atoms with Crippen molar-refractivity contribution >= 4 is 35.3 Å². The lowest BCUT2D eigenvalue weighted by atomic mass is 10.2. The summed E-state index contributed by atoms with van der Waals surface area (Å²) < 4.78 is 5.84. The smallest absolute Gasteiger partial charge is 0.178 e. The highest BCUT2D eigenvalue weighted by atomic mass is 35.5. The summed E-state index contributed by atoms with van der Waals surface area (Å²) in [5.41, 5.74) is 2.64. The van der Waals surface area contributed by atoms with Gasteiger partial charge in [0.05, 0.1) is 17.7 Å². The van der Waals surface area contributed by atoms with Crippen LogP contribution in [-0.2, 0) is 0 Å². The molecule has 2 heterocycles. The zero-order chi connectivity index (χ0) is 16.1. The van der Waals surface area contributed by atoms with Crippen LogP contribution in [0.5, 0.6) is 5.75 Å². The number of nitrogens with zero attached hydrogens (tertiary/aromatic N) is 2. The molecule has 1 aromatic carbocycles. The van der Waals surface area contributed by atoms with Crippen molar-refractivity contribution in [1.29, 1.82) is 0 Å². The molecule has 1 N–H and O–H groups in total. The molecule has 0 radical (unpaired) electrons. The number of pyridine rings is 1. The highest BCUT2D eigenvalue weighted by Crippen LogP contribution is 2.33. The monoisotopic (exact) mass is 363 g/mol. The van der Waals surface area contributed by atoms with Crippen molar-refractivity contribution in [3.8, 4) is 17.1 Å². The summed E-state index contributed by atoms with van der Waals surface area (Å²) in [6.45, 7) is 4.85. The van der Waals surface area contributed by atoms with E-state index in [1.165, 1.54) is 17.7 Å². The second-order valence-electron chi connectivity index (χ2n) is 5.25. The fourth-order valence-electron chi connectivity index (χ4n) is 2.37. The van der Waals surface area contributed by atoms with Gasteiger partial charge in [0.25, 0.3) is 0 Å². The highest BCUT2D eigenvalue weighted by Gasteiger charge is 2.12. The van der Waals surface area contributed by atoms with Crippen LogP contribution in [0, 0.1) is 0 Å². The molecule has 2 aromatic heterocycles. The summed E-state index contributed by atoms with van der Waals surface area (Å²) in [5.74, 6) is 2.80. The van der Waals surface area contributed by atoms with E-state index in [9.17, 15) is 0 Å². The van der Waals surface area contributed by atoms with Gasteiger partial charge in [0.1, 0.15) is 11.6 Å². The first kappa shape index (κ1) is 18.6. The van der Waals surface area contributed by atoms with E-state index >= 15 is 0 Å². The molecular weight excluding hydrogens is 342 g/mol. The van der Waals surface area contributed by atoms with Gasteiger partial charge in [-0.05, 0) is 49.4 Å². The summed E-state index contributed by atoms with van der Waals surface area (Å²) in [5, 5.41) is 0. The Morgan fingerprint density at radius 1 is 1.21 bits per heavy atom. The minimum atomic E-state index is 0. The van der Waals surface area contributed by atoms with Crippen LogP contribution in [-0.4, -0.2) is 27.3 Å². The van der Waals surface area contributed by atoms with Crippen molar-refractivity contribution in [3.05, 3.63) is 36.5 Å². The number of aromatic nitrogens is 3. The topological polar surface area (TPSA) is 50.8 Å². The van der Waals surface area contributed by atoms with E-state index in [-0.39, 0.29) is 12.4 Å². The van der Waals surface area contributed by atoms with Gasteiger partial charge in [-0.25, -0.2) is 9.97 Å². The molecule has 0 atom stereocenters. The Morgan fingerprint density at radius 3 is 2.83 bits per heavy atom. The summed E-state index contributed by atoms with van der Waals surface area (Å²) in [6.07, 6.45) is 4.20. The van der Waals surface area contributed by atoms with Crippen LogP contribution in [0.15, 0.2) is 41.4 Å². The number of nitrogens with one attached hydrogen (secondary N) is 1. The summed E-state index contributed by atoms with van der Waals surface area (Å²) in [4.78, 5) is 13.4. The van der Waals surface area contributed by atoms with E-state index < -0.39 is 0 Å². The van der Waals surface area contributed by atoms with Crippen LogP contribution in [0.1, 0.15) is 26.7 Å². The van der Waals surface area contributed by atoms with Crippen molar-refractivity contribution in [2.75, 3.05) is 12.4 Å². The van der Waals surface area contributed by atoms with Gasteiger partial charge in [-0.1, -0.05) is 13.3 Å². The average molecular weight is 364 g/mol. The third kappa shape index (κ3) is 4.22. The molecule has 0 aliphatic rings. The van der Waals surface area contributed by atoms with E-state index in [0.717, 1.165) is 34.1 Å². The number of unbranched alkanes of at least 4 members (excludes halogenated alkanes) is 1. The number of H-pyrrole nitrogens is 1. The Morgan fingerprint density at radius 2 is 2.08 bits per heavy atom. The first-order chi connectivity index (χ1) is 11.3. The largest absolute Gasteiger partial charge is 0.493 e. The van der Waals surface area contributed by atoms with Gasteiger partial charge in [0, 0.05) is 11.1 Å². The van der Waals surface area contributed by atoms with E-state index in [2.05, 4.69) is 40.1 Å². The van der Waals surface area contributed by atoms with Gasteiger partial charge >= 0.3 is 0 Å². The second-order valence-corrected chi connectivity index (χ2v) is 6.42. The molecule has 0 spiro atoms. The molecule has 3 aromatic rings. The van der Waals surface area contributed by atoms with Crippen molar-refractivity contribution in [2.45, 2.75) is 31.6 Å². The zero-order valence-corrected chi connectivity index (χ0v) is 15.5. The third-order valence-corrected chi connectivity index (χ3v) is 4.61. The van der Waals surface area contributed by atoms with Gasteiger partial charge < -0.3 is 9.72 Å². The molecule has 4 nitrogen and oxygen atoms in total. The van der Waals surface area contributed by atoms with Crippen LogP contribution in [0.4, 0.5) is 0 Å². The quantitative estimate of drug-likeness (QED) is 0.455. The van der Waals surface area contributed by atoms with E-state index in [1.807, 2.05) is 30.8 Å². The number of aromatic amines is 1. The van der Waals surface area contributed by atoms with Gasteiger partial charge in [-0.3, -0.25) is 0 Å². The maximum absolute atomic E-state index is 5.84. The van der Waals surface area contributed by atoms with E-state index in [0.29, 0.717) is 6.61 Å². The number of ether oxygens (including phenoxy) is 1. The molecule has 0 saturated carbocycles. The number of thioether (sulfide) groups is 1. The molecule has 3 rings (SSSR count). The lowest BCUT2D eigenvalue weighted by Crippen LogP contribution is -1.95. The molecule has 0 aliphatic heterocycles. The Balaban J connectivity index is 0.00000208. The number of benzene rings is 1. The zero-order valence-electron chi connectivity index (χ0n) is 13.9. The molecule has 0 fully saturated rings. The van der Waals surface area contributed by atoms with Crippen LogP contribution in [0.2, 0.25) is 0 Å². The highest BCUT2D eigenvalue weighted by molar-refractivity contribution is 7.99. The van der Waals surface area contributed by atoms with Crippen molar-refractivity contribution in [3.63, 3.8) is 0 Å². The van der Waals surface area contributed by atoms with Crippen molar-refractivity contribution in [2.24, 2.45) is 0 Å². The third-order valence-electron chi connectivity index (χ3n) is 3.53. The van der Waals surface area contributed by atoms with Gasteiger partial charge in [-0.15, -0.1) is 24.2 Å². The Bertz CT molecular complexity index is 758. The molecule has 128 valence electrons. The van der Waals surface area contributed by atoms with E-state index in [1.54, 1.807) is 6.20 Å². The molecule has 0 saturated heterocycles. The first-order valence-electron chi connectivity index (χ1n) is 8.02. The fraction of sp³-hybridized carbons (Fsp3) is 0.333. The molecule has 0 amide bonds. The number of fused-ring (bicyclic) bond motifs is 1. The molecule has 0 bridgehead atoms. The number of halogens is 1. The lowest BCUT2D eigenvalue weighted by Gasteiger charge is -2.10. The van der Waals surface area contributed by atoms with Gasteiger partial charge in [-0.2, -0.15) is 0 Å². The maximum Gasteiger partial charge on any atom is 0.178 e. The minimum Gasteiger partial charge on any atom is -0.493 e. The Labute approximate surface area is 152 Å². The maximum atomic E-state index is 5.84. The predicted octanol–water partition coefficient (Wildman–Crippen LogP) is 5.34. The summed E-state index contributed by atoms with van der Waals surface area (Å²) in [6, 6.07) is 10.2. The van der Waals surface area contributed by atoms with Crippen LogP contribution in [0.3, 0.4) is 0 Å². The molecule has 6 heteroatoms. The van der Waals surface area contributed by atoms with E-state index in [4.69, 9.17) is 4.74 Å². The fourth-order valence-corrected chi connectivity index (χ4v) is 3.39. The summed E-state index contributed by atoms with van der Waals surface area (Å²) >= 11 is 1.87. The number of hydrogen-bond donors (Lipinski definition) is 1. The van der Waals surface area contributed by atoms with Gasteiger partial charge in [0.15, 0.2) is 5.65 Å². The van der Waals surface area contributed by atoms with Gasteiger partial charge in [0.2, 0.25) is 0 Å². The van der Waals surface area contributed by atoms with Crippen molar-refractivity contribution in [1.82, 2.24) is 15.0 Å². The Hall–Kier alpha value is -1.72. The molecule has 24 heavy (non-hydrogen) atoms. The average Bonchev–Trinajstić information content (AvgIpc) is 2.99. The number of hydrogen-bond acceptors (Lipinski definition) is 4. The molecular formula is C18H22ClN3OS. The van der Waals surface area contributed by atoms with Crippen LogP contribution >= 0.6 is 24.2 Å². The first-order valence-corrected chi connectivity index (χ1v) is 9.01. The molecule has 0 aliphatic carbocycles. The standard InChI is InChI=1S/C18H21N3OS.ClH/c1-3-5-11-23-13-8-9-14(16(12-13)22-4-2)17-20-15-7-6-10-19-18(15)21-17;/h6-10,12H,3-5,11H2,1-2H3,(H,19,20,21);1H. The summed E-state index contributed by atoms with van der Waals surface area (Å²) in [7, 11) is 0. The SMILES string of the molecule is CCCCSc1ccc(-c2nc3ncccc3[nH]2)c(OCC)c1.Cl. The predicted molar refractivity (Wildman–Crippen MR) is 103 cm³/mol. The normalized spacial score (nSPS) is 10.6. The lowest BCUT2D eigenvalue weighted by molar-refractivity contribution is 0.340. The van der Waals surface area contributed by atoms with Crippen molar-refractivity contribution < 1.29 is 4.74 Å². The second kappa shape index (κ2) is 8.94. The Kier molecular flexibility index (Phi) is 6.94. The minimum absolute atomic E-state index is 0.